The van der Waals surface area contributed by atoms with E-state index in [1.165, 1.54) is 13.2 Å². The van der Waals surface area contributed by atoms with Gasteiger partial charge >= 0.3 is 11.7 Å². The van der Waals surface area contributed by atoms with Crippen LogP contribution in [0.25, 0.3) is 0 Å². The van der Waals surface area contributed by atoms with Gasteiger partial charge in [-0.05, 0) is 33.1 Å². The molecule has 1 aromatic rings. The van der Waals surface area contributed by atoms with Crippen molar-refractivity contribution in [3.63, 3.8) is 0 Å². The molecule has 6 heteroatoms. The normalized spacial score (nSPS) is 12.9. The van der Waals surface area contributed by atoms with Gasteiger partial charge in [0.1, 0.15) is 17.1 Å². The lowest BCUT2D eigenvalue weighted by molar-refractivity contribution is 0.0489. The Hall–Kier alpha value is -1.98. The Balaban J connectivity index is 3.00. The van der Waals surface area contributed by atoms with Gasteiger partial charge in [0.2, 0.25) is 0 Å². The first kappa shape index (κ1) is 18.1. The molecule has 6 nitrogen and oxygen atoms in total. The van der Waals surface area contributed by atoms with Crippen molar-refractivity contribution in [1.82, 2.24) is 5.32 Å². The van der Waals surface area contributed by atoms with Crippen molar-refractivity contribution in [2.24, 2.45) is 5.92 Å². The summed E-state index contributed by atoms with van der Waals surface area (Å²) in [6.45, 7) is 9.39. The first-order chi connectivity index (χ1) is 10.1. The monoisotopic (exact) mass is 311 g/mol. The summed E-state index contributed by atoms with van der Waals surface area (Å²) in [5.74, 6) is 1.03. The van der Waals surface area contributed by atoms with Crippen LogP contribution >= 0.6 is 0 Å². The molecule has 1 unspecified atom stereocenters. The zero-order valence-electron chi connectivity index (χ0n) is 14.1. The Morgan fingerprint density at radius 3 is 2.45 bits per heavy atom. The third kappa shape index (κ3) is 6.20. The van der Waals surface area contributed by atoms with Crippen LogP contribution in [0.3, 0.4) is 0 Å². The standard InChI is InChI=1S/C16H25NO5/c1-10(2)7-12(17-15(19)22-16(3,4)5)13-8-11(20-6)9-14(18)21-13/h8-10,12H,7H2,1-6H3,(H,17,19). The van der Waals surface area contributed by atoms with E-state index in [0.29, 0.717) is 17.9 Å². The maximum absolute atomic E-state index is 12.0. The van der Waals surface area contributed by atoms with Crippen LogP contribution in [0, 0.1) is 5.92 Å². The number of carbonyl (C=O) groups excluding carboxylic acids is 1. The van der Waals surface area contributed by atoms with Crippen LogP contribution in [0.5, 0.6) is 5.75 Å². The lowest BCUT2D eigenvalue weighted by Crippen LogP contribution is -2.35. The minimum absolute atomic E-state index is 0.288. The Kier molecular flexibility index (Phi) is 6.02. The topological polar surface area (TPSA) is 77.8 Å². The molecule has 22 heavy (non-hydrogen) atoms. The molecule has 0 saturated heterocycles. The molecule has 0 aliphatic rings. The molecule has 1 rings (SSSR count). The Morgan fingerprint density at radius 2 is 1.95 bits per heavy atom. The second-order valence-electron chi connectivity index (χ2n) is 6.55. The number of hydrogen-bond acceptors (Lipinski definition) is 5. The van der Waals surface area contributed by atoms with E-state index < -0.39 is 23.4 Å². The number of carbonyl (C=O) groups is 1. The molecule has 0 fully saturated rings. The highest BCUT2D eigenvalue weighted by Crippen LogP contribution is 2.24. The second kappa shape index (κ2) is 7.33. The minimum atomic E-state index is -0.596. The zero-order chi connectivity index (χ0) is 16.9. The van der Waals surface area contributed by atoms with E-state index in [2.05, 4.69) is 5.32 Å². The van der Waals surface area contributed by atoms with Crippen LogP contribution in [-0.2, 0) is 4.74 Å². The number of rotatable bonds is 5. The lowest BCUT2D eigenvalue weighted by atomic mass is 10.0. The maximum atomic E-state index is 12.0. The number of amides is 1. The molecule has 1 N–H and O–H groups in total. The van der Waals surface area contributed by atoms with Crippen LogP contribution in [0.1, 0.15) is 52.8 Å². The molecule has 0 bridgehead atoms. The summed E-state index contributed by atoms with van der Waals surface area (Å²) in [6.07, 6.45) is 0.0543. The molecule has 1 aromatic heterocycles. The van der Waals surface area contributed by atoms with Gasteiger partial charge in [-0.3, -0.25) is 0 Å². The number of hydrogen-bond donors (Lipinski definition) is 1. The average Bonchev–Trinajstić information content (AvgIpc) is 2.34. The Morgan fingerprint density at radius 1 is 1.32 bits per heavy atom. The van der Waals surface area contributed by atoms with Gasteiger partial charge in [-0.1, -0.05) is 13.8 Å². The van der Waals surface area contributed by atoms with Gasteiger partial charge in [-0.2, -0.15) is 0 Å². The molecule has 1 atom stereocenters. The molecule has 0 aliphatic heterocycles. The first-order valence-electron chi connectivity index (χ1n) is 7.29. The predicted octanol–water partition coefficient (Wildman–Crippen LogP) is 3.26. The first-order valence-corrected chi connectivity index (χ1v) is 7.29. The molecule has 0 radical (unpaired) electrons. The summed E-state index contributed by atoms with van der Waals surface area (Å²) < 4.78 is 15.5. The highest BCUT2D eigenvalue weighted by molar-refractivity contribution is 5.68. The van der Waals surface area contributed by atoms with Crippen molar-refractivity contribution in [3.8, 4) is 5.75 Å². The van der Waals surface area contributed by atoms with Crippen LogP contribution in [0.4, 0.5) is 4.79 Å². The van der Waals surface area contributed by atoms with Crippen molar-refractivity contribution in [1.29, 1.82) is 0 Å². The SMILES string of the molecule is COc1cc(C(CC(C)C)NC(=O)OC(C)(C)C)oc(=O)c1. The second-order valence-corrected chi connectivity index (χ2v) is 6.55. The van der Waals surface area contributed by atoms with Crippen molar-refractivity contribution in [3.05, 3.63) is 28.3 Å². The summed E-state index contributed by atoms with van der Waals surface area (Å²) in [6, 6.07) is 2.40. The minimum Gasteiger partial charge on any atom is -0.496 e. The Labute approximate surface area is 130 Å². The van der Waals surface area contributed by atoms with Crippen LogP contribution in [0.2, 0.25) is 0 Å². The van der Waals surface area contributed by atoms with Gasteiger partial charge in [0.15, 0.2) is 0 Å². The van der Waals surface area contributed by atoms with Gasteiger partial charge in [-0.25, -0.2) is 9.59 Å². The molecule has 1 amide bonds. The van der Waals surface area contributed by atoms with Crippen LogP contribution in [-0.4, -0.2) is 18.8 Å². The van der Waals surface area contributed by atoms with Crippen LogP contribution < -0.4 is 15.7 Å². The van der Waals surface area contributed by atoms with Gasteiger partial charge in [0, 0.05) is 6.07 Å². The molecular weight excluding hydrogens is 286 g/mol. The van der Waals surface area contributed by atoms with E-state index in [0.717, 1.165) is 0 Å². The fraction of sp³-hybridized carbons (Fsp3) is 0.625. The highest BCUT2D eigenvalue weighted by Gasteiger charge is 2.23. The van der Waals surface area contributed by atoms with Gasteiger partial charge in [0.25, 0.3) is 0 Å². The lowest BCUT2D eigenvalue weighted by Gasteiger charge is -2.24. The molecule has 1 heterocycles. The fourth-order valence-electron chi connectivity index (χ4n) is 1.93. The van der Waals surface area contributed by atoms with Crippen molar-refractivity contribution in [2.75, 3.05) is 7.11 Å². The van der Waals surface area contributed by atoms with E-state index in [4.69, 9.17) is 13.9 Å². The summed E-state index contributed by atoms with van der Waals surface area (Å²) in [4.78, 5) is 23.6. The van der Waals surface area contributed by atoms with Crippen molar-refractivity contribution in [2.45, 2.75) is 52.7 Å². The largest absolute Gasteiger partial charge is 0.496 e. The smallest absolute Gasteiger partial charge is 0.408 e. The predicted molar refractivity (Wildman–Crippen MR) is 83.1 cm³/mol. The van der Waals surface area contributed by atoms with Crippen molar-refractivity contribution < 1.29 is 18.7 Å². The number of ether oxygens (including phenoxy) is 2. The average molecular weight is 311 g/mol. The van der Waals surface area contributed by atoms with Gasteiger partial charge < -0.3 is 19.2 Å². The molecule has 0 saturated carbocycles. The fourth-order valence-corrected chi connectivity index (χ4v) is 1.93. The van der Waals surface area contributed by atoms with Crippen LogP contribution in [0.15, 0.2) is 21.3 Å². The molecular formula is C16H25NO5. The number of methoxy groups -OCH3 is 1. The molecule has 0 aliphatic carbocycles. The molecule has 124 valence electrons. The summed E-state index contributed by atoms with van der Waals surface area (Å²) in [7, 11) is 1.47. The summed E-state index contributed by atoms with van der Waals surface area (Å²) >= 11 is 0. The Bertz CT molecular complexity index is 556. The van der Waals surface area contributed by atoms with Gasteiger partial charge in [-0.15, -0.1) is 0 Å². The summed E-state index contributed by atoms with van der Waals surface area (Å²) in [5.41, 5.74) is -1.11. The van der Waals surface area contributed by atoms with E-state index in [-0.39, 0.29) is 5.92 Å². The summed E-state index contributed by atoms with van der Waals surface area (Å²) in [5, 5.41) is 2.75. The third-order valence-electron chi connectivity index (χ3n) is 2.74. The highest BCUT2D eigenvalue weighted by atomic mass is 16.6. The van der Waals surface area contributed by atoms with E-state index >= 15 is 0 Å². The molecule has 0 spiro atoms. The zero-order valence-corrected chi connectivity index (χ0v) is 14.1. The maximum Gasteiger partial charge on any atom is 0.408 e. The van der Waals surface area contributed by atoms with E-state index in [9.17, 15) is 9.59 Å². The third-order valence-corrected chi connectivity index (χ3v) is 2.74. The number of nitrogens with one attached hydrogen (secondary N) is 1. The number of alkyl carbamates (subject to hydrolysis) is 1. The van der Waals surface area contributed by atoms with E-state index in [1.54, 1.807) is 26.8 Å². The van der Waals surface area contributed by atoms with Gasteiger partial charge in [0.05, 0.1) is 19.2 Å². The van der Waals surface area contributed by atoms with Crippen molar-refractivity contribution >= 4 is 6.09 Å². The van der Waals surface area contributed by atoms with E-state index in [1.807, 2.05) is 13.8 Å². The molecule has 0 aromatic carbocycles. The quantitative estimate of drug-likeness (QED) is 0.903.